The van der Waals surface area contributed by atoms with Gasteiger partial charge in [-0.3, -0.25) is 4.55 Å². The molecule has 118 valence electrons. The first-order valence-electron chi connectivity index (χ1n) is 6.67. The van der Waals surface area contributed by atoms with E-state index in [0.29, 0.717) is 36.1 Å². The third-order valence-electron chi connectivity index (χ3n) is 2.73. The number of aromatic nitrogens is 2. The van der Waals surface area contributed by atoms with E-state index in [9.17, 15) is 8.42 Å². The van der Waals surface area contributed by atoms with E-state index in [4.69, 9.17) is 14.0 Å². The van der Waals surface area contributed by atoms with Crippen molar-refractivity contribution in [3.05, 3.63) is 30.3 Å². The summed E-state index contributed by atoms with van der Waals surface area (Å²) in [5, 5.41) is 7.95. The van der Waals surface area contributed by atoms with Gasteiger partial charge in [0.2, 0.25) is 5.88 Å². The Hall–Kier alpha value is -2.19. The molecule has 2 aromatic rings. The Bertz CT molecular complexity index is 762. The first-order valence-corrected chi connectivity index (χ1v) is 8.11. The monoisotopic (exact) mass is 324 g/mol. The van der Waals surface area contributed by atoms with E-state index in [1.54, 1.807) is 12.1 Å². The Morgan fingerprint density at radius 3 is 2.45 bits per heavy atom. The molecule has 0 aliphatic carbocycles. The number of benzene rings is 1. The van der Waals surface area contributed by atoms with Crippen LogP contribution in [0.1, 0.15) is 13.8 Å². The van der Waals surface area contributed by atoms with Crippen LogP contribution in [-0.2, 0) is 10.1 Å². The van der Waals surface area contributed by atoms with Crippen molar-refractivity contribution < 1.29 is 22.4 Å². The molecule has 0 saturated heterocycles. The van der Waals surface area contributed by atoms with Gasteiger partial charge in [0.25, 0.3) is 10.1 Å². The van der Waals surface area contributed by atoms with Crippen LogP contribution in [0.25, 0.3) is 11.3 Å². The van der Waals surface area contributed by atoms with E-state index >= 15 is 0 Å². The average Bonchev–Trinajstić information content (AvgIpc) is 2.47. The van der Waals surface area contributed by atoms with E-state index in [1.807, 2.05) is 13.8 Å². The lowest BCUT2D eigenvalue weighted by molar-refractivity contribution is 0.309. The van der Waals surface area contributed by atoms with Crippen molar-refractivity contribution in [2.45, 2.75) is 18.7 Å². The van der Waals surface area contributed by atoms with Gasteiger partial charge < -0.3 is 9.47 Å². The summed E-state index contributed by atoms with van der Waals surface area (Å²) in [6.07, 6.45) is 0. The second-order valence-corrected chi connectivity index (χ2v) is 5.69. The van der Waals surface area contributed by atoms with Crippen LogP contribution in [0, 0.1) is 0 Å². The molecule has 7 nitrogen and oxygen atoms in total. The van der Waals surface area contributed by atoms with Gasteiger partial charge in [0.05, 0.1) is 18.1 Å². The zero-order valence-corrected chi connectivity index (χ0v) is 13.0. The highest BCUT2D eigenvalue weighted by Gasteiger charge is 2.15. The summed E-state index contributed by atoms with van der Waals surface area (Å²) in [7, 11) is -4.29. The lowest BCUT2D eigenvalue weighted by Gasteiger charge is -2.11. The first-order chi connectivity index (χ1) is 10.5. The molecule has 0 bridgehead atoms. The summed E-state index contributed by atoms with van der Waals surface area (Å²) in [5.41, 5.74) is 0.838. The van der Waals surface area contributed by atoms with Crippen molar-refractivity contribution in [1.82, 2.24) is 10.2 Å². The topological polar surface area (TPSA) is 98.6 Å². The van der Waals surface area contributed by atoms with Crippen LogP contribution < -0.4 is 9.47 Å². The van der Waals surface area contributed by atoms with Gasteiger partial charge in [-0.05, 0) is 26.0 Å². The summed E-state index contributed by atoms with van der Waals surface area (Å²) in [6, 6.07) is 7.35. The third kappa shape index (κ3) is 3.71. The molecule has 8 heteroatoms. The van der Waals surface area contributed by atoms with E-state index in [2.05, 4.69) is 10.2 Å². The van der Waals surface area contributed by atoms with E-state index in [-0.39, 0.29) is 4.90 Å². The minimum Gasteiger partial charge on any atom is -0.491 e. The molecule has 0 unspecified atom stereocenters. The largest absolute Gasteiger partial charge is 0.491 e. The fraction of sp³-hybridized carbons (Fsp3) is 0.286. The highest BCUT2D eigenvalue weighted by molar-refractivity contribution is 7.85. The molecule has 0 spiro atoms. The molecule has 0 fully saturated rings. The van der Waals surface area contributed by atoms with Gasteiger partial charge in [0, 0.05) is 11.6 Å². The zero-order valence-electron chi connectivity index (χ0n) is 12.2. The molecule has 0 aliphatic heterocycles. The van der Waals surface area contributed by atoms with Gasteiger partial charge in [-0.15, -0.1) is 10.2 Å². The van der Waals surface area contributed by atoms with Crippen LogP contribution in [0.3, 0.4) is 0 Å². The third-order valence-corrected chi connectivity index (χ3v) is 3.58. The summed E-state index contributed by atoms with van der Waals surface area (Å²) in [4.78, 5) is -0.219. The first kappa shape index (κ1) is 16.2. The van der Waals surface area contributed by atoms with Crippen molar-refractivity contribution in [3.8, 4) is 22.9 Å². The summed E-state index contributed by atoms with van der Waals surface area (Å²) in [5.74, 6) is 0.745. The predicted octanol–water partition coefficient (Wildman–Crippen LogP) is 2.19. The van der Waals surface area contributed by atoms with Crippen molar-refractivity contribution >= 4 is 10.1 Å². The van der Waals surface area contributed by atoms with Crippen molar-refractivity contribution in [3.63, 3.8) is 0 Å². The Balaban J connectivity index is 2.51. The second kappa shape index (κ2) is 6.71. The molecule has 1 N–H and O–H groups in total. The second-order valence-electron chi connectivity index (χ2n) is 4.26. The SMILES string of the molecule is CCOc1cc(OCC)c(-c2cccc(S(=O)(=O)O)c2)nn1. The smallest absolute Gasteiger partial charge is 0.294 e. The Morgan fingerprint density at radius 2 is 1.82 bits per heavy atom. The van der Waals surface area contributed by atoms with E-state index in [1.165, 1.54) is 18.2 Å². The van der Waals surface area contributed by atoms with Gasteiger partial charge in [-0.2, -0.15) is 8.42 Å². The molecule has 0 saturated carbocycles. The number of hydrogen-bond donors (Lipinski definition) is 1. The van der Waals surface area contributed by atoms with Crippen LogP contribution >= 0.6 is 0 Å². The highest BCUT2D eigenvalue weighted by atomic mass is 32.2. The van der Waals surface area contributed by atoms with Crippen LogP contribution in [0.4, 0.5) is 0 Å². The molecule has 22 heavy (non-hydrogen) atoms. The highest BCUT2D eigenvalue weighted by Crippen LogP contribution is 2.31. The van der Waals surface area contributed by atoms with Crippen LogP contribution in [0.5, 0.6) is 11.6 Å². The molecule has 0 radical (unpaired) electrons. The predicted molar refractivity (Wildman–Crippen MR) is 79.6 cm³/mol. The molecule has 1 aromatic carbocycles. The Kier molecular flexibility index (Phi) is 4.94. The zero-order chi connectivity index (χ0) is 16.2. The maximum Gasteiger partial charge on any atom is 0.294 e. The molecule has 0 atom stereocenters. The van der Waals surface area contributed by atoms with Gasteiger partial charge in [0.1, 0.15) is 5.69 Å². The minimum atomic E-state index is -4.29. The molecule has 2 rings (SSSR count). The minimum absolute atomic E-state index is 0.219. The van der Waals surface area contributed by atoms with Crippen LogP contribution in [-0.4, -0.2) is 36.4 Å². The van der Waals surface area contributed by atoms with Crippen molar-refractivity contribution in [2.24, 2.45) is 0 Å². The quantitative estimate of drug-likeness (QED) is 0.813. The molecule has 0 amide bonds. The number of hydrogen-bond acceptors (Lipinski definition) is 6. The lowest BCUT2D eigenvalue weighted by Crippen LogP contribution is -2.03. The van der Waals surface area contributed by atoms with E-state index < -0.39 is 10.1 Å². The summed E-state index contributed by atoms with van der Waals surface area (Å²) < 4.78 is 42.4. The van der Waals surface area contributed by atoms with Gasteiger partial charge >= 0.3 is 0 Å². The normalized spacial score (nSPS) is 11.2. The number of nitrogens with zero attached hydrogens (tertiary/aromatic N) is 2. The molecular weight excluding hydrogens is 308 g/mol. The van der Waals surface area contributed by atoms with Crippen LogP contribution in [0.15, 0.2) is 35.2 Å². The van der Waals surface area contributed by atoms with Crippen LogP contribution in [0.2, 0.25) is 0 Å². The maximum absolute atomic E-state index is 11.2. The number of ether oxygens (including phenoxy) is 2. The fourth-order valence-corrected chi connectivity index (χ4v) is 2.37. The van der Waals surface area contributed by atoms with E-state index in [0.717, 1.165) is 0 Å². The molecule has 1 heterocycles. The lowest BCUT2D eigenvalue weighted by atomic mass is 10.1. The molecule has 1 aromatic heterocycles. The average molecular weight is 324 g/mol. The standard InChI is InChI=1S/C14H16N2O5S/c1-3-20-12-9-13(21-4-2)15-16-14(12)10-6-5-7-11(8-10)22(17,18)19/h5-9H,3-4H2,1-2H3,(H,17,18,19). The molecule has 0 aliphatic rings. The van der Waals surface area contributed by atoms with Gasteiger partial charge in [0.15, 0.2) is 5.75 Å². The summed E-state index contributed by atoms with van der Waals surface area (Å²) >= 11 is 0. The number of rotatable bonds is 6. The van der Waals surface area contributed by atoms with Crippen molar-refractivity contribution in [1.29, 1.82) is 0 Å². The fourth-order valence-electron chi connectivity index (χ4n) is 1.85. The van der Waals surface area contributed by atoms with Crippen molar-refractivity contribution in [2.75, 3.05) is 13.2 Å². The summed E-state index contributed by atoms with van der Waals surface area (Å²) in [6.45, 7) is 4.49. The maximum atomic E-state index is 11.2. The van der Waals surface area contributed by atoms with Gasteiger partial charge in [-0.25, -0.2) is 0 Å². The van der Waals surface area contributed by atoms with Gasteiger partial charge in [-0.1, -0.05) is 12.1 Å². The Labute approximate surface area is 128 Å². The molecular formula is C14H16N2O5S. The Morgan fingerprint density at radius 1 is 1.09 bits per heavy atom.